The molecule has 2 aliphatic heterocycles. The van der Waals surface area contributed by atoms with Gasteiger partial charge in [0.15, 0.2) is 6.61 Å². The van der Waals surface area contributed by atoms with Gasteiger partial charge in [-0.3, -0.25) is 9.59 Å². The number of benzene rings is 1. The monoisotopic (exact) mass is 435 g/mol. The molecule has 4 rings (SSSR count). The average Bonchev–Trinajstić information content (AvgIpc) is 3.25. The summed E-state index contributed by atoms with van der Waals surface area (Å²) in [6.07, 6.45) is 0.945. The molecular weight excluding hydrogens is 414 g/mol. The first-order chi connectivity index (χ1) is 13.9. The van der Waals surface area contributed by atoms with E-state index in [1.165, 1.54) is 16.4 Å². The molecule has 0 atom stereocenters. The minimum Gasteiger partial charge on any atom is -0.482 e. The number of carbonyl (C=O) groups excluding carboxylic acids is 2. The van der Waals surface area contributed by atoms with E-state index in [-0.39, 0.29) is 42.3 Å². The fraction of sp³-hybridized carbons (Fsp3) is 0.368. The van der Waals surface area contributed by atoms with Gasteiger partial charge >= 0.3 is 0 Å². The zero-order valence-electron chi connectivity index (χ0n) is 15.6. The summed E-state index contributed by atoms with van der Waals surface area (Å²) in [4.78, 5) is 25.1. The summed E-state index contributed by atoms with van der Waals surface area (Å²) >= 11 is 1.59. The van der Waals surface area contributed by atoms with Crippen molar-refractivity contribution in [2.75, 3.05) is 25.0 Å². The Hall–Kier alpha value is -2.43. The standard InChI is InChI=1S/C19H21N3O5S2/c23-18-12-27-17-4-3-15(10-16(17)21-18)29(25,26)22-7-5-13(6-8-22)19(24)20-11-14-2-1-9-28-14/h1-4,9-10,13H,5-8,11-12H2,(H,20,24)(H,21,23). The van der Waals surface area contributed by atoms with Gasteiger partial charge in [-0.25, -0.2) is 8.42 Å². The summed E-state index contributed by atoms with van der Waals surface area (Å²) in [7, 11) is -3.71. The Bertz CT molecular complexity index is 1010. The molecule has 154 valence electrons. The Balaban J connectivity index is 1.38. The number of anilines is 1. The highest BCUT2D eigenvalue weighted by Crippen LogP contribution is 2.32. The fourth-order valence-electron chi connectivity index (χ4n) is 3.46. The number of amides is 2. The first-order valence-electron chi connectivity index (χ1n) is 9.30. The summed E-state index contributed by atoms with van der Waals surface area (Å²) < 4.78 is 32.6. The Labute approximate surface area is 172 Å². The van der Waals surface area contributed by atoms with Crippen molar-refractivity contribution in [1.29, 1.82) is 0 Å². The molecular formula is C19H21N3O5S2. The molecule has 1 saturated heterocycles. The van der Waals surface area contributed by atoms with Crippen LogP contribution in [0.25, 0.3) is 0 Å². The summed E-state index contributed by atoms with van der Waals surface area (Å²) in [6, 6.07) is 8.35. The van der Waals surface area contributed by atoms with E-state index < -0.39 is 10.0 Å². The first kappa shape index (κ1) is 19.9. The van der Waals surface area contributed by atoms with Crippen LogP contribution in [0, 0.1) is 5.92 Å². The zero-order valence-corrected chi connectivity index (χ0v) is 17.2. The minimum atomic E-state index is -3.71. The predicted molar refractivity (Wildman–Crippen MR) is 108 cm³/mol. The SMILES string of the molecule is O=C1COc2ccc(S(=O)(=O)N3CCC(C(=O)NCc4cccs4)CC3)cc2N1. The molecule has 1 aromatic carbocycles. The normalized spacial score (nSPS) is 17.9. The molecule has 0 spiro atoms. The Morgan fingerprint density at radius 2 is 2.07 bits per heavy atom. The van der Waals surface area contributed by atoms with Crippen LogP contribution in [0.4, 0.5) is 5.69 Å². The second-order valence-corrected chi connectivity index (χ2v) is 9.94. The molecule has 2 amide bonds. The third-order valence-corrected chi connectivity index (χ3v) is 7.83. The third kappa shape index (κ3) is 4.29. The number of ether oxygens (including phenoxy) is 1. The Kier molecular flexibility index (Phi) is 5.57. The highest BCUT2D eigenvalue weighted by Gasteiger charge is 2.32. The molecule has 1 aromatic heterocycles. The van der Waals surface area contributed by atoms with Crippen LogP contribution in [-0.2, 0) is 26.2 Å². The van der Waals surface area contributed by atoms with Crippen LogP contribution >= 0.6 is 11.3 Å². The van der Waals surface area contributed by atoms with Crippen molar-refractivity contribution in [2.45, 2.75) is 24.3 Å². The van der Waals surface area contributed by atoms with Crippen LogP contribution in [0.5, 0.6) is 5.75 Å². The number of thiophene rings is 1. The molecule has 2 N–H and O–H groups in total. The second-order valence-electron chi connectivity index (χ2n) is 6.97. The molecule has 0 aliphatic carbocycles. The van der Waals surface area contributed by atoms with Crippen molar-refractivity contribution < 1.29 is 22.7 Å². The van der Waals surface area contributed by atoms with Crippen LogP contribution < -0.4 is 15.4 Å². The lowest BCUT2D eigenvalue weighted by atomic mass is 9.97. The van der Waals surface area contributed by atoms with Gasteiger partial charge in [-0.2, -0.15) is 4.31 Å². The second kappa shape index (κ2) is 8.13. The lowest BCUT2D eigenvalue weighted by Gasteiger charge is -2.30. The van der Waals surface area contributed by atoms with Crippen LogP contribution in [0.1, 0.15) is 17.7 Å². The number of piperidine rings is 1. The molecule has 0 bridgehead atoms. The maximum atomic E-state index is 13.0. The predicted octanol–water partition coefficient (Wildman–Crippen LogP) is 1.80. The van der Waals surface area contributed by atoms with Gasteiger partial charge in [0.25, 0.3) is 5.91 Å². The quantitative estimate of drug-likeness (QED) is 0.745. The number of nitrogens with zero attached hydrogens (tertiary/aromatic N) is 1. The Morgan fingerprint density at radius 1 is 1.28 bits per heavy atom. The number of nitrogens with one attached hydrogen (secondary N) is 2. The van der Waals surface area contributed by atoms with Gasteiger partial charge in [-0.15, -0.1) is 11.3 Å². The maximum Gasteiger partial charge on any atom is 0.262 e. The lowest BCUT2D eigenvalue weighted by Crippen LogP contribution is -2.42. The van der Waals surface area contributed by atoms with Crippen molar-refractivity contribution in [2.24, 2.45) is 5.92 Å². The molecule has 8 nitrogen and oxygen atoms in total. The molecule has 2 aliphatic rings. The first-order valence-corrected chi connectivity index (χ1v) is 11.6. The smallest absolute Gasteiger partial charge is 0.262 e. The molecule has 1 fully saturated rings. The number of hydrogen-bond acceptors (Lipinski definition) is 6. The lowest BCUT2D eigenvalue weighted by molar-refractivity contribution is -0.126. The van der Waals surface area contributed by atoms with Crippen molar-refractivity contribution in [3.8, 4) is 5.75 Å². The van der Waals surface area contributed by atoms with E-state index in [1.807, 2.05) is 17.5 Å². The number of carbonyl (C=O) groups is 2. The van der Waals surface area contributed by atoms with Gasteiger partial charge in [0.05, 0.1) is 17.1 Å². The number of hydrogen-bond donors (Lipinski definition) is 2. The van der Waals surface area contributed by atoms with E-state index in [2.05, 4.69) is 10.6 Å². The number of fused-ring (bicyclic) bond motifs is 1. The molecule has 0 unspecified atom stereocenters. The minimum absolute atomic E-state index is 0.0379. The highest BCUT2D eigenvalue weighted by molar-refractivity contribution is 7.89. The van der Waals surface area contributed by atoms with Crippen molar-refractivity contribution in [3.63, 3.8) is 0 Å². The van der Waals surface area contributed by atoms with Gasteiger partial charge in [-0.1, -0.05) is 6.07 Å². The molecule has 29 heavy (non-hydrogen) atoms. The van der Waals surface area contributed by atoms with Gasteiger partial charge in [0.1, 0.15) is 5.75 Å². The molecule has 2 aromatic rings. The molecule has 3 heterocycles. The van der Waals surface area contributed by atoms with Gasteiger partial charge < -0.3 is 15.4 Å². The van der Waals surface area contributed by atoms with Gasteiger partial charge in [0, 0.05) is 23.9 Å². The van der Waals surface area contributed by atoms with Gasteiger partial charge in [-0.05, 0) is 42.5 Å². The van der Waals surface area contributed by atoms with Crippen molar-refractivity contribution in [1.82, 2.24) is 9.62 Å². The van der Waals surface area contributed by atoms with Crippen LogP contribution in [0.3, 0.4) is 0 Å². The fourth-order valence-corrected chi connectivity index (χ4v) is 5.60. The van der Waals surface area contributed by atoms with Gasteiger partial charge in [0.2, 0.25) is 15.9 Å². The third-order valence-electron chi connectivity index (χ3n) is 5.06. The summed E-state index contributed by atoms with van der Waals surface area (Å²) in [5.41, 5.74) is 0.352. The van der Waals surface area contributed by atoms with Crippen molar-refractivity contribution >= 4 is 38.9 Å². The Morgan fingerprint density at radius 3 is 2.79 bits per heavy atom. The van der Waals surface area contributed by atoms with E-state index >= 15 is 0 Å². The molecule has 10 heteroatoms. The van der Waals surface area contributed by atoms with Crippen LogP contribution in [0.2, 0.25) is 0 Å². The largest absolute Gasteiger partial charge is 0.482 e. The van der Waals surface area contributed by atoms with E-state index in [9.17, 15) is 18.0 Å². The summed E-state index contributed by atoms with van der Waals surface area (Å²) in [5, 5.41) is 7.51. The van der Waals surface area contributed by atoms with E-state index in [0.29, 0.717) is 30.8 Å². The van der Waals surface area contributed by atoms with E-state index in [0.717, 1.165) is 4.88 Å². The topological polar surface area (TPSA) is 105 Å². The van der Waals surface area contributed by atoms with Crippen LogP contribution in [0.15, 0.2) is 40.6 Å². The van der Waals surface area contributed by atoms with Crippen LogP contribution in [-0.4, -0.2) is 44.2 Å². The number of rotatable bonds is 5. The number of sulfonamides is 1. The summed E-state index contributed by atoms with van der Waals surface area (Å²) in [6.45, 7) is 0.970. The van der Waals surface area contributed by atoms with E-state index in [4.69, 9.17) is 4.74 Å². The highest BCUT2D eigenvalue weighted by atomic mass is 32.2. The van der Waals surface area contributed by atoms with Crippen molar-refractivity contribution in [3.05, 3.63) is 40.6 Å². The van der Waals surface area contributed by atoms with E-state index in [1.54, 1.807) is 17.4 Å². The average molecular weight is 436 g/mol. The molecule has 0 saturated carbocycles. The maximum absolute atomic E-state index is 13.0. The molecule has 0 radical (unpaired) electrons. The zero-order chi connectivity index (χ0) is 20.4. The summed E-state index contributed by atoms with van der Waals surface area (Å²) in [5.74, 6) is -0.104.